The molecule has 1 aliphatic rings. The Balaban J connectivity index is 2.12. The fourth-order valence-corrected chi connectivity index (χ4v) is 1.79. The third-order valence-corrected chi connectivity index (χ3v) is 3.24. The molecule has 0 aromatic heterocycles. The van der Waals surface area contributed by atoms with Crippen LogP contribution in [0.3, 0.4) is 0 Å². The minimum Gasteiger partial charge on any atom is -0.378 e. The maximum Gasteiger partial charge on any atom is 0.224 e. The molecule has 0 bridgehead atoms. The Hall–Kier alpha value is -0.610. The van der Waals surface area contributed by atoms with Gasteiger partial charge in [0, 0.05) is 25.1 Å². The van der Waals surface area contributed by atoms with Crippen molar-refractivity contribution in [3.63, 3.8) is 0 Å². The summed E-state index contributed by atoms with van der Waals surface area (Å²) in [5.41, 5.74) is 5.67. The SMILES string of the molecule is CC(N)C(C)C(=O)NCCC1CCCCO1. The molecule has 0 saturated carbocycles. The predicted molar refractivity (Wildman–Crippen MR) is 64.0 cm³/mol. The highest BCUT2D eigenvalue weighted by Crippen LogP contribution is 2.14. The van der Waals surface area contributed by atoms with Crippen LogP contribution in [-0.2, 0) is 9.53 Å². The van der Waals surface area contributed by atoms with Crippen LogP contribution < -0.4 is 11.1 Å². The molecule has 3 atom stereocenters. The zero-order valence-corrected chi connectivity index (χ0v) is 10.4. The molecule has 4 heteroatoms. The van der Waals surface area contributed by atoms with Crippen LogP contribution in [0.5, 0.6) is 0 Å². The van der Waals surface area contributed by atoms with Gasteiger partial charge in [0.1, 0.15) is 0 Å². The Morgan fingerprint density at radius 2 is 2.25 bits per heavy atom. The number of rotatable bonds is 5. The van der Waals surface area contributed by atoms with Crippen molar-refractivity contribution in [1.29, 1.82) is 0 Å². The molecule has 3 N–H and O–H groups in total. The van der Waals surface area contributed by atoms with Gasteiger partial charge in [-0.25, -0.2) is 0 Å². The molecule has 0 spiro atoms. The van der Waals surface area contributed by atoms with Gasteiger partial charge in [-0.3, -0.25) is 4.79 Å². The number of hydrogen-bond donors (Lipinski definition) is 2. The van der Waals surface area contributed by atoms with E-state index >= 15 is 0 Å². The summed E-state index contributed by atoms with van der Waals surface area (Å²) in [5.74, 6) is -0.0712. The maximum atomic E-state index is 11.6. The average molecular weight is 228 g/mol. The van der Waals surface area contributed by atoms with Crippen molar-refractivity contribution in [2.45, 2.75) is 51.7 Å². The molecule has 1 heterocycles. The highest BCUT2D eigenvalue weighted by molar-refractivity contribution is 5.78. The molecule has 0 radical (unpaired) electrons. The summed E-state index contributed by atoms with van der Waals surface area (Å²) < 4.78 is 5.59. The quantitative estimate of drug-likeness (QED) is 0.739. The molecular formula is C12H24N2O2. The summed E-state index contributed by atoms with van der Waals surface area (Å²) in [4.78, 5) is 11.6. The summed E-state index contributed by atoms with van der Waals surface area (Å²) >= 11 is 0. The summed E-state index contributed by atoms with van der Waals surface area (Å²) in [7, 11) is 0. The molecule has 1 aliphatic heterocycles. The first-order valence-corrected chi connectivity index (χ1v) is 6.26. The second-order valence-electron chi connectivity index (χ2n) is 4.72. The number of nitrogens with two attached hydrogens (primary N) is 1. The lowest BCUT2D eigenvalue weighted by Crippen LogP contribution is -2.39. The molecular weight excluding hydrogens is 204 g/mol. The highest BCUT2D eigenvalue weighted by Gasteiger charge is 2.18. The fourth-order valence-electron chi connectivity index (χ4n) is 1.79. The zero-order chi connectivity index (χ0) is 12.0. The van der Waals surface area contributed by atoms with Crippen molar-refractivity contribution in [2.75, 3.05) is 13.2 Å². The molecule has 1 amide bonds. The Kier molecular flexibility index (Phi) is 5.77. The second-order valence-corrected chi connectivity index (χ2v) is 4.72. The van der Waals surface area contributed by atoms with Crippen molar-refractivity contribution in [1.82, 2.24) is 5.32 Å². The number of carbonyl (C=O) groups is 1. The van der Waals surface area contributed by atoms with Crippen molar-refractivity contribution in [3.8, 4) is 0 Å². The van der Waals surface area contributed by atoms with Crippen molar-refractivity contribution in [3.05, 3.63) is 0 Å². The van der Waals surface area contributed by atoms with Gasteiger partial charge in [-0.05, 0) is 32.6 Å². The molecule has 1 fully saturated rings. The third-order valence-electron chi connectivity index (χ3n) is 3.24. The van der Waals surface area contributed by atoms with E-state index in [-0.39, 0.29) is 17.9 Å². The number of carbonyl (C=O) groups excluding carboxylic acids is 1. The lowest BCUT2D eigenvalue weighted by atomic mass is 10.0. The first-order valence-electron chi connectivity index (χ1n) is 6.26. The molecule has 3 unspecified atom stereocenters. The van der Waals surface area contributed by atoms with Crippen LogP contribution in [-0.4, -0.2) is 31.2 Å². The zero-order valence-electron chi connectivity index (χ0n) is 10.4. The van der Waals surface area contributed by atoms with Crippen LogP contribution in [0.15, 0.2) is 0 Å². The number of nitrogens with one attached hydrogen (secondary N) is 1. The van der Waals surface area contributed by atoms with E-state index in [2.05, 4.69) is 5.32 Å². The minimum atomic E-state index is -0.118. The van der Waals surface area contributed by atoms with Gasteiger partial charge in [0.05, 0.1) is 6.10 Å². The van der Waals surface area contributed by atoms with Gasteiger partial charge >= 0.3 is 0 Å². The van der Waals surface area contributed by atoms with Gasteiger partial charge in [-0.1, -0.05) is 6.92 Å². The second kappa shape index (κ2) is 6.86. The van der Waals surface area contributed by atoms with Crippen molar-refractivity contribution in [2.24, 2.45) is 11.7 Å². The van der Waals surface area contributed by atoms with Gasteiger partial charge in [-0.15, -0.1) is 0 Å². The summed E-state index contributed by atoms with van der Waals surface area (Å²) in [6.45, 7) is 5.28. The third kappa shape index (κ3) is 4.49. The van der Waals surface area contributed by atoms with Crippen LogP contribution in [0.1, 0.15) is 39.5 Å². The largest absolute Gasteiger partial charge is 0.378 e. The number of hydrogen-bond acceptors (Lipinski definition) is 3. The van der Waals surface area contributed by atoms with Crippen LogP contribution >= 0.6 is 0 Å². The molecule has 94 valence electrons. The monoisotopic (exact) mass is 228 g/mol. The fraction of sp³-hybridized carbons (Fsp3) is 0.917. The summed E-state index contributed by atoms with van der Waals surface area (Å²) in [6.07, 6.45) is 4.79. The topological polar surface area (TPSA) is 64.4 Å². The van der Waals surface area contributed by atoms with E-state index in [0.29, 0.717) is 12.6 Å². The van der Waals surface area contributed by atoms with Crippen LogP contribution in [0.2, 0.25) is 0 Å². The molecule has 16 heavy (non-hydrogen) atoms. The van der Waals surface area contributed by atoms with Gasteiger partial charge < -0.3 is 15.8 Å². The van der Waals surface area contributed by atoms with E-state index in [1.54, 1.807) is 0 Å². The lowest BCUT2D eigenvalue weighted by Gasteiger charge is -2.23. The Bertz CT molecular complexity index is 213. The smallest absolute Gasteiger partial charge is 0.224 e. The van der Waals surface area contributed by atoms with E-state index in [1.807, 2.05) is 13.8 Å². The van der Waals surface area contributed by atoms with Gasteiger partial charge in [0.2, 0.25) is 5.91 Å². The summed E-state index contributed by atoms with van der Waals surface area (Å²) in [6, 6.07) is -0.0917. The van der Waals surface area contributed by atoms with Crippen LogP contribution in [0.4, 0.5) is 0 Å². The van der Waals surface area contributed by atoms with E-state index in [4.69, 9.17) is 10.5 Å². The first-order chi connectivity index (χ1) is 7.61. The Morgan fingerprint density at radius 3 is 2.81 bits per heavy atom. The first kappa shape index (κ1) is 13.5. The van der Waals surface area contributed by atoms with Crippen molar-refractivity contribution < 1.29 is 9.53 Å². The van der Waals surface area contributed by atoms with E-state index in [1.165, 1.54) is 12.8 Å². The Morgan fingerprint density at radius 1 is 1.50 bits per heavy atom. The molecule has 0 aliphatic carbocycles. The molecule has 0 aromatic rings. The van der Waals surface area contributed by atoms with Crippen molar-refractivity contribution >= 4 is 5.91 Å². The molecule has 4 nitrogen and oxygen atoms in total. The number of ether oxygens (including phenoxy) is 1. The van der Waals surface area contributed by atoms with Gasteiger partial charge in [0.25, 0.3) is 0 Å². The van der Waals surface area contributed by atoms with Crippen LogP contribution in [0, 0.1) is 5.92 Å². The average Bonchev–Trinajstić information content (AvgIpc) is 2.29. The lowest BCUT2D eigenvalue weighted by molar-refractivity contribution is -0.125. The van der Waals surface area contributed by atoms with Gasteiger partial charge in [0.15, 0.2) is 0 Å². The highest BCUT2D eigenvalue weighted by atomic mass is 16.5. The normalized spacial score (nSPS) is 24.8. The standard InChI is InChI=1S/C12H24N2O2/c1-9(10(2)13)12(15)14-7-6-11-5-3-4-8-16-11/h9-11H,3-8,13H2,1-2H3,(H,14,15). The van der Waals surface area contributed by atoms with Gasteiger partial charge in [-0.2, -0.15) is 0 Å². The van der Waals surface area contributed by atoms with E-state index in [0.717, 1.165) is 19.4 Å². The summed E-state index contributed by atoms with van der Waals surface area (Å²) in [5, 5.41) is 2.91. The number of amides is 1. The van der Waals surface area contributed by atoms with Crippen LogP contribution in [0.25, 0.3) is 0 Å². The molecule has 1 saturated heterocycles. The maximum absolute atomic E-state index is 11.6. The minimum absolute atomic E-state index is 0.0470. The molecule has 1 rings (SSSR count). The van der Waals surface area contributed by atoms with E-state index < -0.39 is 0 Å². The van der Waals surface area contributed by atoms with E-state index in [9.17, 15) is 4.79 Å². The molecule has 0 aromatic carbocycles. The Labute approximate surface area is 97.9 Å². The predicted octanol–water partition coefficient (Wildman–Crippen LogP) is 1.05.